The molecule has 0 amide bonds. The molecule has 2 aromatic rings. The quantitative estimate of drug-likeness (QED) is 0.774. The summed E-state index contributed by atoms with van der Waals surface area (Å²) < 4.78 is 1.13. The van der Waals surface area contributed by atoms with E-state index in [2.05, 4.69) is 51.9 Å². The van der Waals surface area contributed by atoms with Crippen LogP contribution in [0.3, 0.4) is 0 Å². The first-order valence-electron chi connectivity index (χ1n) is 5.27. The summed E-state index contributed by atoms with van der Waals surface area (Å²) in [6.07, 6.45) is 1.74. The molecule has 0 radical (unpaired) electrons. The fourth-order valence-corrected chi connectivity index (χ4v) is 2.06. The standard InChI is InChI=1S/C13H12BrClN2/c1-8-5-10(6-9(2)12(8)14)13-16-4-3-11(7-15)17-13/h3-6H,7H2,1-2H3. The van der Waals surface area contributed by atoms with Gasteiger partial charge in [-0.05, 0) is 43.2 Å². The van der Waals surface area contributed by atoms with Gasteiger partial charge in [0.15, 0.2) is 5.82 Å². The molecule has 1 aromatic carbocycles. The van der Waals surface area contributed by atoms with Crippen molar-refractivity contribution in [2.75, 3.05) is 0 Å². The predicted molar refractivity (Wildman–Crippen MR) is 74.2 cm³/mol. The van der Waals surface area contributed by atoms with E-state index in [1.807, 2.05) is 6.07 Å². The van der Waals surface area contributed by atoms with Gasteiger partial charge in [0.05, 0.1) is 11.6 Å². The van der Waals surface area contributed by atoms with Gasteiger partial charge in [0.2, 0.25) is 0 Å². The lowest BCUT2D eigenvalue weighted by Crippen LogP contribution is -1.94. The molecule has 4 heteroatoms. The van der Waals surface area contributed by atoms with Crippen molar-refractivity contribution in [1.82, 2.24) is 9.97 Å². The number of aryl methyl sites for hydroxylation is 2. The molecule has 0 saturated carbocycles. The van der Waals surface area contributed by atoms with E-state index in [4.69, 9.17) is 11.6 Å². The lowest BCUT2D eigenvalue weighted by atomic mass is 10.1. The number of alkyl halides is 1. The van der Waals surface area contributed by atoms with E-state index in [9.17, 15) is 0 Å². The van der Waals surface area contributed by atoms with E-state index in [0.29, 0.717) is 5.88 Å². The normalized spacial score (nSPS) is 10.6. The van der Waals surface area contributed by atoms with E-state index in [0.717, 1.165) is 21.6 Å². The van der Waals surface area contributed by atoms with E-state index >= 15 is 0 Å². The minimum Gasteiger partial charge on any atom is -0.237 e. The Morgan fingerprint density at radius 3 is 2.47 bits per heavy atom. The first-order valence-corrected chi connectivity index (χ1v) is 6.59. The fourth-order valence-electron chi connectivity index (χ4n) is 1.68. The van der Waals surface area contributed by atoms with Gasteiger partial charge in [0.1, 0.15) is 0 Å². The molecule has 2 rings (SSSR count). The Labute approximate surface area is 114 Å². The molecule has 0 bridgehead atoms. The van der Waals surface area contributed by atoms with Gasteiger partial charge in [-0.2, -0.15) is 0 Å². The van der Waals surface area contributed by atoms with Gasteiger partial charge in [-0.3, -0.25) is 0 Å². The molecule has 0 atom stereocenters. The maximum absolute atomic E-state index is 5.78. The summed E-state index contributed by atoms with van der Waals surface area (Å²) in [6.45, 7) is 4.12. The maximum atomic E-state index is 5.78. The summed E-state index contributed by atoms with van der Waals surface area (Å²) in [5.74, 6) is 1.13. The van der Waals surface area contributed by atoms with E-state index in [1.54, 1.807) is 6.20 Å². The third kappa shape index (κ3) is 2.67. The monoisotopic (exact) mass is 310 g/mol. The highest BCUT2D eigenvalue weighted by Crippen LogP contribution is 2.26. The van der Waals surface area contributed by atoms with Crippen LogP contribution in [-0.4, -0.2) is 9.97 Å². The Hall–Kier alpha value is -0.930. The number of hydrogen-bond donors (Lipinski definition) is 0. The van der Waals surface area contributed by atoms with Crippen molar-refractivity contribution < 1.29 is 0 Å². The fraction of sp³-hybridized carbons (Fsp3) is 0.231. The number of hydrogen-bond acceptors (Lipinski definition) is 2. The topological polar surface area (TPSA) is 25.8 Å². The molecule has 0 aliphatic carbocycles. The maximum Gasteiger partial charge on any atom is 0.159 e. The van der Waals surface area contributed by atoms with Crippen LogP contribution < -0.4 is 0 Å². The van der Waals surface area contributed by atoms with Gasteiger partial charge < -0.3 is 0 Å². The van der Waals surface area contributed by atoms with Crippen LogP contribution in [0.5, 0.6) is 0 Å². The summed E-state index contributed by atoms with van der Waals surface area (Å²) in [4.78, 5) is 8.70. The molecule has 0 unspecified atom stereocenters. The van der Waals surface area contributed by atoms with Crippen LogP contribution in [0.25, 0.3) is 11.4 Å². The van der Waals surface area contributed by atoms with Crippen LogP contribution >= 0.6 is 27.5 Å². The molecule has 2 nitrogen and oxygen atoms in total. The molecule has 0 saturated heterocycles. The van der Waals surface area contributed by atoms with Crippen molar-refractivity contribution in [1.29, 1.82) is 0 Å². The van der Waals surface area contributed by atoms with Crippen LogP contribution in [0.4, 0.5) is 0 Å². The van der Waals surface area contributed by atoms with Gasteiger partial charge in [-0.1, -0.05) is 15.9 Å². The molecule has 17 heavy (non-hydrogen) atoms. The largest absolute Gasteiger partial charge is 0.237 e. The first kappa shape index (κ1) is 12.5. The molecular formula is C13H12BrClN2. The van der Waals surface area contributed by atoms with Crippen molar-refractivity contribution in [2.24, 2.45) is 0 Å². The van der Waals surface area contributed by atoms with Crippen molar-refractivity contribution in [3.8, 4) is 11.4 Å². The molecule has 1 aromatic heterocycles. The van der Waals surface area contributed by atoms with E-state index in [1.165, 1.54) is 11.1 Å². The highest BCUT2D eigenvalue weighted by Gasteiger charge is 2.07. The zero-order valence-corrected chi connectivity index (χ0v) is 12.0. The van der Waals surface area contributed by atoms with Gasteiger partial charge in [-0.25, -0.2) is 9.97 Å². The van der Waals surface area contributed by atoms with Crippen LogP contribution in [0, 0.1) is 13.8 Å². The molecule has 0 aliphatic rings. The third-order valence-electron chi connectivity index (χ3n) is 2.54. The van der Waals surface area contributed by atoms with Crippen molar-refractivity contribution in [3.63, 3.8) is 0 Å². The molecule has 0 N–H and O–H groups in total. The molecule has 0 aliphatic heterocycles. The molecule has 0 spiro atoms. The summed E-state index contributed by atoms with van der Waals surface area (Å²) in [5.41, 5.74) is 4.23. The van der Waals surface area contributed by atoms with Gasteiger partial charge in [0, 0.05) is 16.2 Å². The Morgan fingerprint density at radius 1 is 1.24 bits per heavy atom. The number of aromatic nitrogens is 2. The summed E-state index contributed by atoms with van der Waals surface area (Å²) in [7, 11) is 0. The second-order valence-corrected chi connectivity index (χ2v) is 4.99. The number of benzene rings is 1. The third-order valence-corrected chi connectivity index (χ3v) is 4.07. The molecule has 1 heterocycles. The minimum atomic E-state index is 0.407. The average molecular weight is 312 g/mol. The Kier molecular flexibility index (Phi) is 3.79. The summed E-state index contributed by atoms with van der Waals surface area (Å²) in [6, 6.07) is 5.98. The highest BCUT2D eigenvalue weighted by atomic mass is 79.9. The van der Waals surface area contributed by atoms with Crippen LogP contribution in [0.15, 0.2) is 28.9 Å². The zero-order valence-electron chi connectivity index (χ0n) is 9.67. The summed E-state index contributed by atoms with van der Waals surface area (Å²) >= 11 is 9.33. The van der Waals surface area contributed by atoms with Gasteiger partial charge >= 0.3 is 0 Å². The Morgan fingerprint density at radius 2 is 1.88 bits per heavy atom. The van der Waals surface area contributed by atoms with E-state index < -0.39 is 0 Å². The lowest BCUT2D eigenvalue weighted by Gasteiger charge is -2.07. The highest BCUT2D eigenvalue weighted by molar-refractivity contribution is 9.10. The first-order chi connectivity index (χ1) is 8.11. The number of halogens is 2. The number of rotatable bonds is 2. The van der Waals surface area contributed by atoms with Crippen molar-refractivity contribution in [3.05, 3.63) is 45.7 Å². The van der Waals surface area contributed by atoms with Crippen molar-refractivity contribution in [2.45, 2.75) is 19.7 Å². The average Bonchev–Trinajstić information content (AvgIpc) is 2.35. The second kappa shape index (κ2) is 5.15. The van der Waals surface area contributed by atoms with Crippen LogP contribution in [0.1, 0.15) is 16.8 Å². The SMILES string of the molecule is Cc1cc(-c2nccc(CCl)n2)cc(C)c1Br. The minimum absolute atomic E-state index is 0.407. The van der Waals surface area contributed by atoms with Crippen LogP contribution in [-0.2, 0) is 5.88 Å². The Balaban J connectivity index is 2.52. The second-order valence-electron chi connectivity index (χ2n) is 3.93. The zero-order chi connectivity index (χ0) is 12.4. The Bertz CT molecular complexity index is 532. The molecule has 88 valence electrons. The molecule has 0 fully saturated rings. The smallest absolute Gasteiger partial charge is 0.159 e. The lowest BCUT2D eigenvalue weighted by molar-refractivity contribution is 1.09. The van der Waals surface area contributed by atoms with Crippen LogP contribution in [0.2, 0.25) is 0 Å². The van der Waals surface area contributed by atoms with E-state index in [-0.39, 0.29) is 0 Å². The van der Waals surface area contributed by atoms with Gasteiger partial charge in [-0.15, -0.1) is 11.6 Å². The molecular weight excluding hydrogens is 300 g/mol. The number of nitrogens with zero attached hydrogens (tertiary/aromatic N) is 2. The summed E-state index contributed by atoms with van der Waals surface area (Å²) in [5, 5.41) is 0. The predicted octanol–water partition coefficient (Wildman–Crippen LogP) is 4.26. The van der Waals surface area contributed by atoms with Crippen molar-refractivity contribution >= 4 is 27.5 Å². The van der Waals surface area contributed by atoms with Gasteiger partial charge in [0.25, 0.3) is 0 Å².